The third-order valence-corrected chi connectivity index (χ3v) is 4.13. The summed E-state index contributed by atoms with van der Waals surface area (Å²) in [5, 5.41) is 13.6. The first-order chi connectivity index (χ1) is 11.5. The summed E-state index contributed by atoms with van der Waals surface area (Å²) in [6.07, 6.45) is 0.443. The zero-order chi connectivity index (χ0) is 17.5. The zero-order valence-corrected chi connectivity index (χ0v) is 15.2. The highest BCUT2D eigenvalue weighted by Gasteiger charge is 2.12. The molecule has 3 nitrogen and oxygen atoms in total. The molecule has 2 aromatic rings. The average Bonchev–Trinajstić information content (AvgIpc) is 2.54. The van der Waals surface area contributed by atoms with Crippen LogP contribution in [0.2, 0.25) is 0 Å². The molecule has 2 atom stereocenters. The average molecular weight is 327 g/mol. The lowest BCUT2D eigenvalue weighted by atomic mass is 10.0. The molecule has 0 spiro atoms. The van der Waals surface area contributed by atoms with Gasteiger partial charge in [-0.25, -0.2) is 0 Å². The standard InChI is InChI=1S/C21H29NO2/c1-5-21(18-8-6-15(2)7-9-18)22-13-19(23)14-24-20-11-16(3)10-17(4)12-20/h6-12,19,21-23H,5,13-14H2,1-4H3. The van der Waals surface area contributed by atoms with Gasteiger partial charge in [-0.2, -0.15) is 0 Å². The molecule has 0 amide bonds. The third kappa shape index (κ3) is 5.66. The van der Waals surface area contributed by atoms with Crippen LogP contribution in [-0.2, 0) is 0 Å². The minimum absolute atomic E-state index is 0.251. The minimum atomic E-state index is -0.537. The summed E-state index contributed by atoms with van der Waals surface area (Å²) >= 11 is 0. The summed E-state index contributed by atoms with van der Waals surface area (Å²) in [4.78, 5) is 0. The Bertz CT molecular complexity index is 617. The number of aryl methyl sites for hydroxylation is 3. The summed E-state index contributed by atoms with van der Waals surface area (Å²) < 4.78 is 5.73. The molecule has 130 valence electrons. The summed E-state index contributed by atoms with van der Waals surface area (Å²) in [5.74, 6) is 0.817. The first-order valence-electron chi connectivity index (χ1n) is 8.67. The Hall–Kier alpha value is -1.84. The van der Waals surface area contributed by atoms with E-state index in [1.807, 2.05) is 26.0 Å². The van der Waals surface area contributed by atoms with E-state index in [-0.39, 0.29) is 6.04 Å². The topological polar surface area (TPSA) is 41.5 Å². The van der Waals surface area contributed by atoms with E-state index >= 15 is 0 Å². The number of nitrogens with one attached hydrogen (secondary N) is 1. The van der Waals surface area contributed by atoms with Crippen LogP contribution in [0.1, 0.15) is 41.6 Å². The smallest absolute Gasteiger partial charge is 0.119 e. The number of ether oxygens (including phenoxy) is 1. The van der Waals surface area contributed by atoms with Gasteiger partial charge in [-0.1, -0.05) is 42.8 Å². The van der Waals surface area contributed by atoms with E-state index in [1.165, 1.54) is 22.3 Å². The van der Waals surface area contributed by atoms with Gasteiger partial charge in [0.05, 0.1) is 0 Å². The quantitative estimate of drug-likeness (QED) is 0.767. The Morgan fingerprint density at radius 2 is 1.58 bits per heavy atom. The van der Waals surface area contributed by atoms with Crippen LogP contribution in [0.3, 0.4) is 0 Å². The zero-order valence-electron chi connectivity index (χ0n) is 15.2. The summed E-state index contributed by atoms with van der Waals surface area (Å²) in [7, 11) is 0. The summed E-state index contributed by atoms with van der Waals surface area (Å²) in [6, 6.07) is 14.9. The second-order valence-electron chi connectivity index (χ2n) is 6.57. The predicted molar refractivity (Wildman–Crippen MR) is 99.6 cm³/mol. The Kier molecular flexibility index (Phi) is 6.83. The van der Waals surface area contributed by atoms with Crippen LogP contribution in [0.5, 0.6) is 5.75 Å². The second-order valence-corrected chi connectivity index (χ2v) is 6.57. The van der Waals surface area contributed by atoms with Crippen LogP contribution < -0.4 is 10.1 Å². The first kappa shape index (κ1) is 18.5. The fourth-order valence-electron chi connectivity index (χ4n) is 2.84. The normalized spacial score (nSPS) is 13.5. The first-order valence-corrected chi connectivity index (χ1v) is 8.67. The molecule has 0 heterocycles. The van der Waals surface area contributed by atoms with E-state index in [9.17, 15) is 5.11 Å². The van der Waals surface area contributed by atoms with Crippen molar-refractivity contribution in [2.45, 2.75) is 46.3 Å². The molecule has 24 heavy (non-hydrogen) atoms. The van der Waals surface area contributed by atoms with E-state index in [4.69, 9.17) is 4.74 Å². The lowest BCUT2D eigenvalue weighted by Crippen LogP contribution is -2.33. The summed E-state index contributed by atoms with van der Waals surface area (Å²) in [6.45, 7) is 9.14. The van der Waals surface area contributed by atoms with E-state index in [2.05, 4.69) is 49.5 Å². The molecule has 0 aromatic heterocycles. The van der Waals surface area contributed by atoms with E-state index in [1.54, 1.807) is 0 Å². The van der Waals surface area contributed by atoms with Gasteiger partial charge in [0.2, 0.25) is 0 Å². The number of aliphatic hydroxyl groups is 1. The SMILES string of the molecule is CCC(NCC(O)COc1cc(C)cc(C)c1)c1ccc(C)cc1. The van der Waals surface area contributed by atoms with Crippen molar-refractivity contribution in [3.8, 4) is 5.75 Å². The largest absolute Gasteiger partial charge is 0.491 e. The van der Waals surface area contributed by atoms with Gasteiger partial charge in [-0.3, -0.25) is 0 Å². The van der Waals surface area contributed by atoms with Gasteiger partial charge < -0.3 is 15.2 Å². The molecule has 0 fully saturated rings. The molecule has 2 unspecified atom stereocenters. The van der Waals surface area contributed by atoms with Crippen molar-refractivity contribution in [2.75, 3.05) is 13.2 Å². The van der Waals surface area contributed by atoms with Gasteiger partial charge >= 0.3 is 0 Å². The van der Waals surface area contributed by atoms with Crippen molar-refractivity contribution in [2.24, 2.45) is 0 Å². The minimum Gasteiger partial charge on any atom is -0.491 e. The van der Waals surface area contributed by atoms with E-state index in [0.29, 0.717) is 13.2 Å². The molecule has 3 heteroatoms. The van der Waals surface area contributed by atoms with Crippen molar-refractivity contribution in [3.63, 3.8) is 0 Å². The van der Waals surface area contributed by atoms with Crippen molar-refractivity contribution in [1.29, 1.82) is 0 Å². The highest BCUT2D eigenvalue weighted by molar-refractivity contribution is 5.33. The molecule has 0 aliphatic heterocycles. The van der Waals surface area contributed by atoms with Gasteiger partial charge in [0.15, 0.2) is 0 Å². The maximum Gasteiger partial charge on any atom is 0.119 e. The fourth-order valence-corrected chi connectivity index (χ4v) is 2.84. The maximum absolute atomic E-state index is 10.2. The van der Waals surface area contributed by atoms with Gasteiger partial charge in [-0.05, 0) is 56.0 Å². The summed E-state index contributed by atoms with van der Waals surface area (Å²) in [5.41, 5.74) is 4.85. The second kappa shape index (κ2) is 8.86. The van der Waals surface area contributed by atoms with Crippen LogP contribution in [-0.4, -0.2) is 24.4 Å². The Labute approximate surface area is 145 Å². The fraction of sp³-hybridized carbons (Fsp3) is 0.429. The van der Waals surface area contributed by atoms with Crippen LogP contribution in [0.15, 0.2) is 42.5 Å². The molecule has 0 radical (unpaired) electrons. The number of aliphatic hydroxyl groups excluding tert-OH is 1. The maximum atomic E-state index is 10.2. The number of hydrogen-bond acceptors (Lipinski definition) is 3. The Morgan fingerprint density at radius 1 is 0.958 bits per heavy atom. The Morgan fingerprint density at radius 3 is 2.17 bits per heavy atom. The van der Waals surface area contributed by atoms with E-state index < -0.39 is 6.10 Å². The molecule has 2 rings (SSSR count). The van der Waals surface area contributed by atoms with Gasteiger partial charge in [0.25, 0.3) is 0 Å². The molecular formula is C21H29NO2. The molecule has 0 aliphatic carbocycles. The van der Waals surface area contributed by atoms with Crippen molar-refractivity contribution < 1.29 is 9.84 Å². The van der Waals surface area contributed by atoms with Gasteiger partial charge in [0, 0.05) is 12.6 Å². The lowest BCUT2D eigenvalue weighted by Gasteiger charge is -2.20. The van der Waals surface area contributed by atoms with Crippen LogP contribution in [0.4, 0.5) is 0 Å². The van der Waals surface area contributed by atoms with Crippen molar-refractivity contribution in [3.05, 3.63) is 64.7 Å². The van der Waals surface area contributed by atoms with Crippen LogP contribution >= 0.6 is 0 Å². The lowest BCUT2D eigenvalue weighted by molar-refractivity contribution is 0.103. The number of rotatable bonds is 8. The number of hydrogen-bond donors (Lipinski definition) is 2. The van der Waals surface area contributed by atoms with Crippen molar-refractivity contribution in [1.82, 2.24) is 5.32 Å². The molecule has 0 saturated heterocycles. The predicted octanol–water partition coefficient (Wildman–Crippen LogP) is 4.09. The number of benzene rings is 2. The molecule has 0 bridgehead atoms. The third-order valence-electron chi connectivity index (χ3n) is 4.13. The molecular weight excluding hydrogens is 298 g/mol. The monoisotopic (exact) mass is 327 g/mol. The van der Waals surface area contributed by atoms with Crippen molar-refractivity contribution >= 4 is 0 Å². The molecule has 2 aromatic carbocycles. The Balaban J connectivity index is 1.83. The van der Waals surface area contributed by atoms with E-state index in [0.717, 1.165) is 12.2 Å². The molecule has 2 N–H and O–H groups in total. The molecule has 0 aliphatic rings. The highest BCUT2D eigenvalue weighted by Crippen LogP contribution is 2.18. The van der Waals surface area contributed by atoms with Gasteiger partial charge in [0.1, 0.15) is 18.5 Å². The highest BCUT2D eigenvalue weighted by atomic mass is 16.5. The van der Waals surface area contributed by atoms with Crippen LogP contribution in [0, 0.1) is 20.8 Å². The van der Waals surface area contributed by atoms with Crippen LogP contribution in [0.25, 0.3) is 0 Å². The molecule has 0 saturated carbocycles. The van der Waals surface area contributed by atoms with Gasteiger partial charge in [-0.15, -0.1) is 0 Å².